The second-order valence-electron chi connectivity index (χ2n) is 5.59. The molecular formula is C19H19NO2. The summed E-state index contributed by atoms with van der Waals surface area (Å²) in [6, 6.07) is 20.1. The van der Waals surface area contributed by atoms with Crippen LogP contribution in [0.25, 0.3) is 5.57 Å². The van der Waals surface area contributed by atoms with Gasteiger partial charge in [0.2, 0.25) is 0 Å². The van der Waals surface area contributed by atoms with Gasteiger partial charge in [-0.3, -0.25) is 0 Å². The molecule has 0 saturated heterocycles. The van der Waals surface area contributed by atoms with Gasteiger partial charge >= 0.3 is 5.97 Å². The number of benzene rings is 2. The number of hydrogen-bond donors (Lipinski definition) is 1. The van der Waals surface area contributed by atoms with E-state index in [9.17, 15) is 4.79 Å². The molecule has 3 nitrogen and oxygen atoms in total. The van der Waals surface area contributed by atoms with Gasteiger partial charge in [-0.15, -0.1) is 0 Å². The third-order valence-electron chi connectivity index (χ3n) is 4.08. The molecule has 3 heteroatoms. The molecule has 0 spiro atoms. The lowest BCUT2D eigenvalue weighted by Crippen LogP contribution is -2.49. The van der Waals surface area contributed by atoms with Crippen LogP contribution in [0, 0.1) is 0 Å². The molecule has 1 atom stereocenters. The Bertz CT molecular complexity index is 679. The zero-order valence-corrected chi connectivity index (χ0v) is 12.6. The first-order valence-corrected chi connectivity index (χ1v) is 7.38. The summed E-state index contributed by atoms with van der Waals surface area (Å²) < 4.78 is 5.06. The zero-order chi connectivity index (χ0) is 15.4. The lowest BCUT2D eigenvalue weighted by atomic mass is 9.86. The highest BCUT2D eigenvalue weighted by atomic mass is 16.5. The first-order valence-electron chi connectivity index (χ1n) is 7.38. The van der Waals surface area contributed by atoms with Crippen molar-refractivity contribution in [2.24, 2.45) is 0 Å². The first kappa shape index (κ1) is 14.4. The lowest BCUT2D eigenvalue weighted by Gasteiger charge is -2.27. The molecule has 3 rings (SSSR count). The summed E-state index contributed by atoms with van der Waals surface area (Å²) in [5.74, 6) is -0.224. The number of nitrogens with one attached hydrogen (secondary N) is 1. The van der Waals surface area contributed by atoms with E-state index >= 15 is 0 Å². The van der Waals surface area contributed by atoms with Crippen molar-refractivity contribution in [3.8, 4) is 0 Å². The van der Waals surface area contributed by atoms with Crippen LogP contribution < -0.4 is 5.32 Å². The molecule has 0 aromatic heterocycles. The van der Waals surface area contributed by atoms with Crippen LogP contribution in [0.1, 0.15) is 17.5 Å². The van der Waals surface area contributed by atoms with Gasteiger partial charge in [0.25, 0.3) is 0 Å². The molecule has 22 heavy (non-hydrogen) atoms. The number of esters is 1. The Labute approximate surface area is 130 Å². The number of rotatable bonds is 4. The molecule has 0 saturated carbocycles. The van der Waals surface area contributed by atoms with Gasteiger partial charge < -0.3 is 10.1 Å². The van der Waals surface area contributed by atoms with Gasteiger partial charge in [0.1, 0.15) is 5.54 Å². The summed E-state index contributed by atoms with van der Waals surface area (Å²) in [6.45, 7) is 0. The predicted octanol–water partition coefficient (Wildman–Crippen LogP) is 3.18. The number of ether oxygens (including phenoxy) is 1. The Morgan fingerprint density at radius 3 is 2.36 bits per heavy atom. The van der Waals surface area contributed by atoms with Crippen molar-refractivity contribution in [3.63, 3.8) is 0 Å². The summed E-state index contributed by atoms with van der Waals surface area (Å²) in [5, 5.41) is 3.28. The molecule has 1 heterocycles. The zero-order valence-electron chi connectivity index (χ0n) is 12.6. The van der Waals surface area contributed by atoms with Crippen LogP contribution in [-0.4, -0.2) is 18.6 Å². The van der Waals surface area contributed by atoms with Crippen LogP contribution >= 0.6 is 0 Å². The fourth-order valence-corrected chi connectivity index (χ4v) is 2.95. The normalized spacial score (nSPS) is 20.1. The van der Waals surface area contributed by atoms with Gasteiger partial charge in [-0.1, -0.05) is 60.7 Å². The van der Waals surface area contributed by atoms with Crippen molar-refractivity contribution in [3.05, 3.63) is 78.0 Å². The molecular weight excluding hydrogens is 274 g/mol. The molecule has 1 aliphatic rings. The van der Waals surface area contributed by atoms with E-state index in [-0.39, 0.29) is 5.97 Å². The van der Waals surface area contributed by atoms with Crippen LogP contribution in [0.5, 0.6) is 0 Å². The van der Waals surface area contributed by atoms with Crippen molar-refractivity contribution in [2.75, 3.05) is 7.11 Å². The number of methoxy groups -OCH3 is 1. The van der Waals surface area contributed by atoms with Crippen molar-refractivity contribution in [1.82, 2.24) is 5.32 Å². The van der Waals surface area contributed by atoms with E-state index in [1.54, 1.807) is 0 Å². The summed E-state index contributed by atoms with van der Waals surface area (Å²) in [7, 11) is 1.44. The van der Waals surface area contributed by atoms with Crippen LogP contribution in [0.2, 0.25) is 0 Å². The monoisotopic (exact) mass is 293 g/mol. The third kappa shape index (κ3) is 2.75. The standard InChI is InChI=1S/C19H19NO2/c1-22-18(21)19(12-15-8-4-2-5-9-15)13-17(14-20-19)16-10-6-3-7-11-16/h2-11,14,20H,12-13H2,1H3. The Kier molecular flexibility index (Phi) is 3.96. The van der Waals surface area contributed by atoms with Gasteiger partial charge in [-0.2, -0.15) is 0 Å². The van der Waals surface area contributed by atoms with Gasteiger partial charge in [0, 0.05) is 19.0 Å². The van der Waals surface area contributed by atoms with Gasteiger partial charge in [0.15, 0.2) is 0 Å². The number of hydrogen-bond acceptors (Lipinski definition) is 3. The van der Waals surface area contributed by atoms with Crippen LogP contribution in [0.15, 0.2) is 66.9 Å². The maximum atomic E-state index is 12.4. The third-order valence-corrected chi connectivity index (χ3v) is 4.08. The quantitative estimate of drug-likeness (QED) is 0.880. The smallest absolute Gasteiger partial charge is 0.332 e. The maximum absolute atomic E-state index is 12.4. The highest BCUT2D eigenvalue weighted by molar-refractivity contribution is 5.87. The van der Waals surface area contributed by atoms with Crippen molar-refractivity contribution in [2.45, 2.75) is 18.4 Å². The average molecular weight is 293 g/mol. The average Bonchev–Trinajstić information content (AvgIpc) is 3.01. The SMILES string of the molecule is COC(=O)C1(Cc2ccccc2)CC(c2ccccc2)=CN1. The lowest BCUT2D eigenvalue weighted by molar-refractivity contribution is -0.147. The van der Waals surface area contributed by atoms with Crippen molar-refractivity contribution >= 4 is 11.5 Å². The first-order chi connectivity index (χ1) is 10.7. The molecule has 0 bridgehead atoms. The minimum Gasteiger partial charge on any atom is -0.467 e. The molecule has 0 radical (unpaired) electrons. The molecule has 1 N–H and O–H groups in total. The molecule has 112 valence electrons. The molecule has 1 aliphatic heterocycles. The molecule has 2 aromatic carbocycles. The van der Waals surface area contributed by atoms with E-state index in [1.165, 1.54) is 7.11 Å². The van der Waals surface area contributed by atoms with Crippen molar-refractivity contribution in [1.29, 1.82) is 0 Å². The minimum absolute atomic E-state index is 0.224. The van der Waals surface area contributed by atoms with Crippen LogP contribution in [0.4, 0.5) is 0 Å². The molecule has 0 amide bonds. The summed E-state index contributed by atoms with van der Waals surface area (Å²) in [6.07, 6.45) is 3.17. The number of carbonyl (C=O) groups excluding carboxylic acids is 1. The largest absolute Gasteiger partial charge is 0.467 e. The van der Waals surface area contributed by atoms with Crippen LogP contribution in [-0.2, 0) is 16.0 Å². The van der Waals surface area contributed by atoms with Gasteiger partial charge in [-0.25, -0.2) is 4.79 Å². The minimum atomic E-state index is -0.721. The Balaban J connectivity index is 1.86. The van der Waals surface area contributed by atoms with Gasteiger partial charge in [0.05, 0.1) is 7.11 Å². The number of carbonyl (C=O) groups is 1. The fraction of sp³-hybridized carbons (Fsp3) is 0.211. The van der Waals surface area contributed by atoms with Crippen molar-refractivity contribution < 1.29 is 9.53 Å². The predicted molar refractivity (Wildman–Crippen MR) is 87.1 cm³/mol. The summed E-state index contributed by atoms with van der Waals surface area (Å²) >= 11 is 0. The van der Waals surface area contributed by atoms with E-state index in [4.69, 9.17) is 4.74 Å². The maximum Gasteiger partial charge on any atom is 0.332 e. The Morgan fingerprint density at radius 2 is 1.73 bits per heavy atom. The second-order valence-corrected chi connectivity index (χ2v) is 5.59. The van der Waals surface area contributed by atoms with E-state index in [2.05, 4.69) is 17.4 Å². The van der Waals surface area contributed by atoms with E-state index in [1.807, 2.05) is 54.7 Å². The molecule has 2 aromatic rings. The Morgan fingerprint density at radius 1 is 1.09 bits per heavy atom. The molecule has 0 aliphatic carbocycles. The van der Waals surface area contributed by atoms with Gasteiger partial charge in [-0.05, 0) is 16.7 Å². The second kappa shape index (κ2) is 6.06. The summed E-state index contributed by atoms with van der Waals surface area (Å²) in [4.78, 5) is 12.4. The summed E-state index contributed by atoms with van der Waals surface area (Å²) in [5.41, 5.74) is 2.65. The molecule has 0 fully saturated rings. The molecule has 1 unspecified atom stereocenters. The van der Waals surface area contributed by atoms with E-state index in [0.717, 1.165) is 16.7 Å². The fourth-order valence-electron chi connectivity index (χ4n) is 2.95. The van der Waals surface area contributed by atoms with Crippen LogP contribution in [0.3, 0.4) is 0 Å². The Hall–Kier alpha value is -2.55. The van der Waals surface area contributed by atoms with E-state index < -0.39 is 5.54 Å². The topological polar surface area (TPSA) is 38.3 Å². The highest BCUT2D eigenvalue weighted by Gasteiger charge is 2.43. The highest BCUT2D eigenvalue weighted by Crippen LogP contribution is 2.33. The van der Waals surface area contributed by atoms with E-state index in [0.29, 0.717) is 12.8 Å².